The molecule has 3 nitrogen and oxygen atoms in total. The highest BCUT2D eigenvalue weighted by atomic mass is 32.1. The van der Waals surface area contributed by atoms with Gasteiger partial charge in [-0.3, -0.25) is 0 Å². The van der Waals surface area contributed by atoms with Gasteiger partial charge in [0.05, 0.1) is 4.88 Å². The molecule has 5 rings (SSSR count). The van der Waals surface area contributed by atoms with Gasteiger partial charge in [0.2, 0.25) is 5.88 Å². The van der Waals surface area contributed by atoms with Crippen LogP contribution in [0.1, 0.15) is 47.9 Å². The summed E-state index contributed by atoms with van der Waals surface area (Å²) in [6.07, 6.45) is 7.00. The SMILES string of the molecule is NCc1nc(O)c(C2C3CC4CC(C3)CC2C4)s1. The van der Waals surface area contributed by atoms with Crippen LogP contribution in [-0.4, -0.2) is 10.1 Å². The van der Waals surface area contributed by atoms with E-state index in [4.69, 9.17) is 5.73 Å². The van der Waals surface area contributed by atoms with Crippen LogP contribution >= 0.6 is 11.3 Å². The van der Waals surface area contributed by atoms with Crippen molar-refractivity contribution < 1.29 is 5.11 Å². The molecular formula is C14H20N2OS. The lowest BCUT2D eigenvalue weighted by Gasteiger charge is -2.54. The van der Waals surface area contributed by atoms with E-state index in [1.165, 1.54) is 32.1 Å². The highest BCUT2D eigenvalue weighted by Crippen LogP contribution is 2.61. The molecular weight excluding hydrogens is 244 g/mol. The maximum atomic E-state index is 10.1. The normalized spacial score (nSPS) is 41.5. The van der Waals surface area contributed by atoms with Crippen LogP contribution in [0.5, 0.6) is 5.88 Å². The van der Waals surface area contributed by atoms with E-state index in [1.807, 2.05) is 0 Å². The highest BCUT2D eigenvalue weighted by molar-refractivity contribution is 7.12. The van der Waals surface area contributed by atoms with E-state index in [9.17, 15) is 5.11 Å². The van der Waals surface area contributed by atoms with Crippen LogP contribution < -0.4 is 5.73 Å². The first-order chi connectivity index (χ1) is 8.74. The van der Waals surface area contributed by atoms with Gasteiger partial charge in [-0.1, -0.05) is 0 Å². The molecule has 4 aliphatic rings. The quantitative estimate of drug-likeness (QED) is 0.863. The summed E-state index contributed by atoms with van der Waals surface area (Å²) < 4.78 is 0. The minimum atomic E-state index is 0.276. The monoisotopic (exact) mass is 264 g/mol. The Labute approximate surface area is 111 Å². The number of hydrogen-bond donors (Lipinski definition) is 2. The van der Waals surface area contributed by atoms with E-state index in [-0.39, 0.29) is 5.88 Å². The Bertz CT molecular complexity index is 442. The zero-order valence-corrected chi connectivity index (χ0v) is 11.3. The van der Waals surface area contributed by atoms with Gasteiger partial charge in [0.1, 0.15) is 5.01 Å². The van der Waals surface area contributed by atoms with Crippen molar-refractivity contribution in [1.29, 1.82) is 0 Å². The maximum absolute atomic E-state index is 10.1. The van der Waals surface area contributed by atoms with Gasteiger partial charge in [0.25, 0.3) is 0 Å². The second-order valence-corrected chi connectivity index (χ2v) is 7.57. The van der Waals surface area contributed by atoms with Crippen molar-refractivity contribution in [2.24, 2.45) is 29.4 Å². The molecule has 1 aromatic rings. The van der Waals surface area contributed by atoms with E-state index >= 15 is 0 Å². The van der Waals surface area contributed by atoms with Crippen LogP contribution in [0.15, 0.2) is 0 Å². The van der Waals surface area contributed by atoms with Crippen LogP contribution in [-0.2, 0) is 6.54 Å². The van der Waals surface area contributed by atoms with Gasteiger partial charge >= 0.3 is 0 Å². The molecule has 0 aromatic carbocycles. The molecule has 98 valence electrons. The largest absolute Gasteiger partial charge is 0.492 e. The Hall–Kier alpha value is -0.610. The second-order valence-electron chi connectivity index (χ2n) is 6.46. The minimum absolute atomic E-state index is 0.276. The summed E-state index contributed by atoms with van der Waals surface area (Å²) >= 11 is 1.65. The van der Waals surface area contributed by atoms with Crippen LogP contribution in [0.3, 0.4) is 0 Å². The fourth-order valence-electron chi connectivity index (χ4n) is 5.03. The van der Waals surface area contributed by atoms with Crippen molar-refractivity contribution in [3.05, 3.63) is 9.88 Å². The third kappa shape index (κ3) is 1.55. The summed E-state index contributed by atoms with van der Waals surface area (Å²) in [4.78, 5) is 5.35. The molecule has 4 bridgehead atoms. The van der Waals surface area contributed by atoms with Crippen molar-refractivity contribution in [2.75, 3.05) is 0 Å². The molecule has 4 heteroatoms. The van der Waals surface area contributed by atoms with Gasteiger partial charge in [-0.05, 0) is 55.8 Å². The van der Waals surface area contributed by atoms with Crippen molar-refractivity contribution >= 4 is 11.3 Å². The summed E-state index contributed by atoms with van der Waals surface area (Å²) in [6.45, 7) is 0.450. The number of hydrogen-bond acceptors (Lipinski definition) is 4. The Balaban J connectivity index is 1.69. The van der Waals surface area contributed by atoms with Gasteiger partial charge in [-0.15, -0.1) is 11.3 Å². The molecule has 0 aliphatic heterocycles. The Kier molecular flexibility index (Phi) is 2.46. The Morgan fingerprint density at radius 1 is 1.11 bits per heavy atom. The molecule has 0 unspecified atom stereocenters. The van der Waals surface area contributed by atoms with E-state index in [1.54, 1.807) is 11.3 Å². The number of rotatable bonds is 2. The van der Waals surface area contributed by atoms with E-state index in [0.717, 1.165) is 33.6 Å². The third-order valence-electron chi connectivity index (χ3n) is 5.38. The molecule has 3 N–H and O–H groups in total. The van der Waals surface area contributed by atoms with Gasteiger partial charge in [-0.2, -0.15) is 0 Å². The lowest BCUT2D eigenvalue weighted by Crippen LogP contribution is -2.43. The molecule has 4 fully saturated rings. The van der Waals surface area contributed by atoms with Crippen LogP contribution in [0.2, 0.25) is 0 Å². The van der Waals surface area contributed by atoms with Gasteiger partial charge < -0.3 is 10.8 Å². The van der Waals surface area contributed by atoms with Gasteiger partial charge in [0.15, 0.2) is 0 Å². The third-order valence-corrected chi connectivity index (χ3v) is 6.55. The Morgan fingerprint density at radius 3 is 2.22 bits per heavy atom. The summed E-state index contributed by atoms with van der Waals surface area (Å²) in [7, 11) is 0. The van der Waals surface area contributed by atoms with E-state index < -0.39 is 0 Å². The summed E-state index contributed by atoms with van der Waals surface area (Å²) in [5.41, 5.74) is 5.64. The average molecular weight is 264 g/mol. The van der Waals surface area contributed by atoms with Crippen molar-refractivity contribution in [3.8, 4) is 5.88 Å². The molecule has 0 amide bonds. The van der Waals surface area contributed by atoms with Crippen molar-refractivity contribution in [2.45, 2.75) is 44.6 Å². The number of thiazole rings is 1. The topological polar surface area (TPSA) is 59.1 Å². The number of aromatic hydroxyl groups is 1. The zero-order valence-electron chi connectivity index (χ0n) is 10.5. The first kappa shape index (κ1) is 11.2. The summed E-state index contributed by atoms with van der Waals surface area (Å²) in [5, 5.41) is 11.0. The molecule has 4 saturated carbocycles. The number of nitrogens with two attached hydrogens (primary N) is 1. The molecule has 0 radical (unpaired) electrons. The molecule has 0 atom stereocenters. The van der Waals surface area contributed by atoms with E-state index in [0.29, 0.717) is 12.5 Å². The van der Waals surface area contributed by atoms with Gasteiger partial charge in [0, 0.05) is 12.5 Å². The highest BCUT2D eigenvalue weighted by Gasteiger charge is 2.49. The number of nitrogens with zero attached hydrogens (tertiary/aromatic N) is 1. The standard InChI is InChI=1S/C14H20N2OS/c15-6-11-16-14(17)13(18-11)12-9-2-7-1-8(4-9)5-10(12)3-7/h7-10,12,17H,1-6,15H2. The molecule has 1 heterocycles. The van der Waals surface area contributed by atoms with Gasteiger partial charge in [-0.25, -0.2) is 4.98 Å². The summed E-state index contributed by atoms with van der Waals surface area (Å²) in [6, 6.07) is 0. The summed E-state index contributed by atoms with van der Waals surface area (Å²) in [5.74, 6) is 4.42. The predicted octanol–water partition coefficient (Wildman–Crippen LogP) is 2.85. The minimum Gasteiger partial charge on any atom is -0.492 e. The smallest absolute Gasteiger partial charge is 0.225 e. The lowest BCUT2D eigenvalue weighted by atomic mass is 9.51. The van der Waals surface area contributed by atoms with Crippen molar-refractivity contribution in [1.82, 2.24) is 4.98 Å². The van der Waals surface area contributed by atoms with Crippen LogP contribution in [0.25, 0.3) is 0 Å². The molecule has 18 heavy (non-hydrogen) atoms. The average Bonchev–Trinajstić information content (AvgIpc) is 2.69. The first-order valence-electron chi connectivity index (χ1n) is 7.13. The second kappa shape index (κ2) is 3.94. The maximum Gasteiger partial charge on any atom is 0.225 e. The fraction of sp³-hybridized carbons (Fsp3) is 0.786. The van der Waals surface area contributed by atoms with Crippen LogP contribution in [0, 0.1) is 23.7 Å². The molecule has 0 saturated heterocycles. The lowest BCUT2D eigenvalue weighted by molar-refractivity contribution is -0.00235. The fourth-order valence-corrected chi connectivity index (χ4v) is 6.15. The van der Waals surface area contributed by atoms with Crippen molar-refractivity contribution in [3.63, 3.8) is 0 Å². The Morgan fingerprint density at radius 2 is 1.72 bits per heavy atom. The van der Waals surface area contributed by atoms with E-state index in [2.05, 4.69) is 4.98 Å². The van der Waals surface area contributed by atoms with Crippen LogP contribution in [0.4, 0.5) is 0 Å². The predicted molar refractivity (Wildman–Crippen MR) is 71.5 cm³/mol. The molecule has 1 aromatic heterocycles. The first-order valence-corrected chi connectivity index (χ1v) is 7.95. The molecule has 4 aliphatic carbocycles. The zero-order chi connectivity index (χ0) is 12.3. The molecule has 0 spiro atoms. The number of aromatic nitrogens is 1.